The number of carbonyl (C=O) groups is 1. The Morgan fingerprint density at radius 1 is 1.43 bits per heavy atom. The van der Waals surface area contributed by atoms with Crippen molar-refractivity contribution in [3.63, 3.8) is 0 Å². The number of likely N-dealkylation sites (tertiary alicyclic amines) is 1. The average molecular weight is 294 g/mol. The predicted molar refractivity (Wildman–Crippen MR) is 79.8 cm³/mol. The van der Waals surface area contributed by atoms with E-state index in [-0.39, 0.29) is 30.7 Å². The molecule has 0 radical (unpaired) electrons. The summed E-state index contributed by atoms with van der Waals surface area (Å²) >= 11 is 0. The van der Waals surface area contributed by atoms with Crippen LogP contribution in [0.1, 0.15) is 28.8 Å². The van der Waals surface area contributed by atoms with Crippen LogP contribution in [0, 0.1) is 12.7 Å². The van der Waals surface area contributed by atoms with Gasteiger partial charge >= 0.3 is 0 Å². The highest BCUT2D eigenvalue weighted by molar-refractivity contribution is 5.95. The van der Waals surface area contributed by atoms with Crippen LogP contribution in [0.25, 0.3) is 0 Å². The number of nitrogens with zero attached hydrogens (tertiary/aromatic N) is 2. The van der Waals surface area contributed by atoms with Crippen molar-refractivity contribution in [2.45, 2.75) is 25.8 Å². The molecule has 1 fully saturated rings. The number of hydrogen-bond donors (Lipinski definition) is 1. The molecule has 1 aliphatic heterocycles. The summed E-state index contributed by atoms with van der Waals surface area (Å²) in [6, 6.07) is 4.63. The van der Waals surface area contributed by atoms with Crippen LogP contribution in [0.2, 0.25) is 0 Å². The third-order valence-corrected chi connectivity index (χ3v) is 4.08. The van der Waals surface area contributed by atoms with E-state index in [0.717, 1.165) is 31.5 Å². The number of amides is 1. The van der Waals surface area contributed by atoms with E-state index in [1.807, 2.05) is 6.92 Å². The zero-order valence-corrected chi connectivity index (χ0v) is 12.7. The number of halogens is 1. The molecule has 1 saturated heterocycles. The predicted octanol–water partition coefficient (Wildman–Crippen LogP) is 1.66. The molecule has 1 aromatic carbocycles. The van der Waals surface area contributed by atoms with E-state index in [9.17, 15) is 14.3 Å². The van der Waals surface area contributed by atoms with Gasteiger partial charge in [0.05, 0.1) is 12.2 Å². The summed E-state index contributed by atoms with van der Waals surface area (Å²) in [4.78, 5) is 16.5. The molecule has 0 aromatic heterocycles. The first kappa shape index (κ1) is 15.9. The second-order valence-corrected chi connectivity index (χ2v) is 5.74. The first-order chi connectivity index (χ1) is 10.0. The lowest BCUT2D eigenvalue weighted by atomic mass is 10.0. The summed E-state index contributed by atoms with van der Waals surface area (Å²) in [6.45, 7) is 3.81. The highest BCUT2D eigenvalue weighted by Crippen LogP contribution is 2.20. The van der Waals surface area contributed by atoms with E-state index >= 15 is 0 Å². The van der Waals surface area contributed by atoms with Crippen molar-refractivity contribution in [3.05, 3.63) is 35.1 Å². The van der Waals surface area contributed by atoms with Gasteiger partial charge in [-0.05, 0) is 52.0 Å². The smallest absolute Gasteiger partial charge is 0.257 e. The number of rotatable bonds is 4. The van der Waals surface area contributed by atoms with Crippen molar-refractivity contribution in [1.82, 2.24) is 9.80 Å². The fraction of sp³-hybridized carbons (Fsp3) is 0.562. The Hall–Kier alpha value is -1.46. The normalized spacial score (nSPS) is 17.0. The van der Waals surface area contributed by atoms with Crippen LogP contribution >= 0.6 is 0 Å². The largest absolute Gasteiger partial charge is 0.395 e. The van der Waals surface area contributed by atoms with Gasteiger partial charge in [0.25, 0.3) is 5.91 Å². The summed E-state index contributed by atoms with van der Waals surface area (Å²) in [5, 5.41) is 9.24. The van der Waals surface area contributed by atoms with Gasteiger partial charge in [-0.25, -0.2) is 4.39 Å². The molecule has 4 nitrogen and oxygen atoms in total. The molecule has 0 atom stereocenters. The van der Waals surface area contributed by atoms with E-state index in [1.165, 1.54) is 6.07 Å². The highest BCUT2D eigenvalue weighted by Gasteiger charge is 2.28. The number of aliphatic hydroxyl groups excluding tert-OH is 1. The second-order valence-electron chi connectivity index (χ2n) is 5.74. The summed E-state index contributed by atoms with van der Waals surface area (Å²) in [7, 11) is 2.05. The van der Waals surface area contributed by atoms with Crippen LogP contribution in [0.15, 0.2) is 18.2 Å². The third-order valence-electron chi connectivity index (χ3n) is 4.08. The molecule has 116 valence electrons. The number of aryl methyl sites for hydroxylation is 1. The van der Waals surface area contributed by atoms with Crippen LogP contribution in [-0.4, -0.2) is 60.1 Å². The molecule has 1 aromatic rings. The number of aliphatic hydroxyl groups is 1. The van der Waals surface area contributed by atoms with Gasteiger partial charge in [0, 0.05) is 12.6 Å². The maximum atomic E-state index is 13.9. The van der Waals surface area contributed by atoms with Crippen molar-refractivity contribution >= 4 is 5.91 Å². The van der Waals surface area contributed by atoms with Gasteiger partial charge in [0.2, 0.25) is 0 Å². The molecule has 1 amide bonds. The molecule has 0 spiro atoms. The monoisotopic (exact) mass is 294 g/mol. The minimum Gasteiger partial charge on any atom is -0.395 e. The molecule has 0 unspecified atom stereocenters. The Morgan fingerprint density at radius 2 is 2.10 bits per heavy atom. The summed E-state index contributed by atoms with van der Waals surface area (Å²) in [6.07, 6.45) is 1.71. The number of benzene rings is 1. The number of carbonyl (C=O) groups excluding carboxylic acids is 1. The van der Waals surface area contributed by atoms with Crippen LogP contribution in [0.3, 0.4) is 0 Å². The van der Waals surface area contributed by atoms with E-state index in [1.54, 1.807) is 17.0 Å². The van der Waals surface area contributed by atoms with E-state index < -0.39 is 5.82 Å². The minimum atomic E-state index is -0.499. The Kier molecular flexibility index (Phi) is 5.31. The standard InChI is InChI=1S/C16H23FN2O2/c1-12-3-4-15(17)14(11-12)16(21)19(9-10-20)13-5-7-18(2)8-6-13/h3-4,11,13,20H,5-10H2,1-2H3. The summed E-state index contributed by atoms with van der Waals surface area (Å²) in [5.74, 6) is -0.818. The second kappa shape index (κ2) is 7.00. The zero-order chi connectivity index (χ0) is 15.4. The Labute approximate surface area is 125 Å². The van der Waals surface area contributed by atoms with Crippen molar-refractivity contribution in [2.24, 2.45) is 0 Å². The lowest BCUT2D eigenvalue weighted by Crippen LogP contribution is -2.47. The van der Waals surface area contributed by atoms with Gasteiger partial charge in [-0.2, -0.15) is 0 Å². The molecule has 1 heterocycles. The van der Waals surface area contributed by atoms with Gasteiger partial charge in [0.1, 0.15) is 5.82 Å². The third kappa shape index (κ3) is 3.80. The van der Waals surface area contributed by atoms with E-state index in [4.69, 9.17) is 0 Å². The van der Waals surface area contributed by atoms with Gasteiger partial charge in [-0.15, -0.1) is 0 Å². The number of hydrogen-bond acceptors (Lipinski definition) is 3. The molecular weight excluding hydrogens is 271 g/mol. The average Bonchev–Trinajstić information content (AvgIpc) is 2.48. The SMILES string of the molecule is Cc1ccc(F)c(C(=O)N(CCO)C2CCN(C)CC2)c1. The Balaban J connectivity index is 2.20. The van der Waals surface area contributed by atoms with Crippen molar-refractivity contribution < 1.29 is 14.3 Å². The quantitative estimate of drug-likeness (QED) is 0.918. The zero-order valence-electron chi connectivity index (χ0n) is 12.7. The Morgan fingerprint density at radius 3 is 2.71 bits per heavy atom. The molecule has 1 aliphatic rings. The maximum Gasteiger partial charge on any atom is 0.257 e. The van der Waals surface area contributed by atoms with E-state index in [0.29, 0.717) is 0 Å². The van der Waals surface area contributed by atoms with Crippen molar-refractivity contribution in [3.8, 4) is 0 Å². The fourth-order valence-corrected chi connectivity index (χ4v) is 2.82. The van der Waals surface area contributed by atoms with Crippen LogP contribution in [0.5, 0.6) is 0 Å². The minimum absolute atomic E-state index is 0.0702. The number of piperidine rings is 1. The fourth-order valence-electron chi connectivity index (χ4n) is 2.82. The molecule has 0 bridgehead atoms. The van der Waals surface area contributed by atoms with Crippen LogP contribution in [-0.2, 0) is 0 Å². The molecule has 0 aliphatic carbocycles. The Bertz CT molecular complexity index is 499. The molecule has 21 heavy (non-hydrogen) atoms. The molecule has 2 rings (SSSR count). The van der Waals surface area contributed by atoms with Gasteiger partial charge < -0.3 is 14.9 Å². The van der Waals surface area contributed by atoms with Crippen LogP contribution in [0.4, 0.5) is 4.39 Å². The van der Waals surface area contributed by atoms with Crippen molar-refractivity contribution in [1.29, 1.82) is 0 Å². The van der Waals surface area contributed by atoms with Gasteiger partial charge in [-0.3, -0.25) is 4.79 Å². The molecular formula is C16H23FN2O2. The maximum absolute atomic E-state index is 13.9. The highest BCUT2D eigenvalue weighted by atomic mass is 19.1. The van der Waals surface area contributed by atoms with E-state index in [2.05, 4.69) is 11.9 Å². The lowest BCUT2D eigenvalue weighted by Gasteiger charge is -2.37. The lowest BCUT2D eigenvalue weighted by molar-refractivity contribution is 0.0535. The topological polar surface area (TPSA) is 43.8 Å². The van der Waals surface area contributed by atoms with Crippen molar-refractivity contribution in [2.75, 3.05) is 33.3 Å². The summed E-state index contributed by atoms with van der Waals surface area (Å²) < 4.78 is 13.9. The van der Waals surface area contributed by atoms with Gasteiger partial charge in [0.15, 0.2) is 0 Å². The first-order valence-corrected chi connectivity index (χ1v) is 7.39. The molecule has 0 saturated carbocycles. The first-order valence-electron chi connectivity index (χ1n) is 7.39. The van der Waals surface area contributed by atoms with Crippen LogP contribution < -0.4 is 0 Å². The summed E-state index contributed by atoms with van der Waals surface area (Å²) in [5.41, 5.74) is 0.953. The van der Waals surface area contributed by atoms with Gasteiger partial charge in [-0.1, -0.05) is 11.6 Å². The molecule has 5 heteroatoms. The molecule has 1 N–H and O–H groups in total.